The fraction of sp³-hybridized carbons (Fsp3) is 0.259. The Hall–Kier alpha value is -3.05. The highest BCUT2D eigenvalue weighted by molar-refractivity contribution is 8.00. The number of aryl methyl sites for hydroxylation is 2. The molecule has 4 rings (SSSR count). The zero-order valence-corrected chi connectivity index (χ0v) is 19.3. The molecule has 164 valence electrons. The number of nitrogens with one attached hydrogen (secondary N) is 1. The minimum absolute atomic E-state index is 0.100. The molecule has 32 heavy (non-hydrogen) atoms. The van der Waals surface area contributed by atoms with Crippen LogP contribution < -0.4 is 10.2 Å². The van der Waals surface area contributed by atoms with E-state index in [-0.39, 0.29) is 17.2 Å². The molecule has 1 fully saturated rings. The number of rotatable bonds is 7. The molecule has 2 amide bonds. The Morgan fingerprint density at radius 2 is 1.84 bits per heavy atom. The molecule has 3 aromatic carbocycles. The van der Waals surface area contributed by atoms with Crippen molar-refractivity contribution in [3.05, 3.63) is 95.1 Å². The SMILES string of the molecule is CCCCc1ccc(C(=O)Nc2cccc([C@@H]3SCC(=O)N3c3cccc(C)c3)c2)cc1. The lowest BCUT2D eigenvalue weighted by Gasteiger charge is -2.25. The molecular formula is C27H28N2O2S. The van der Waals surface area contributed by atoms with Crippen molar-refractivity contribution in [3.8, 4) is 0 Å². The molecule has 4 nitrogen and oxygen atoms in total. The van der Waals surface area contributed by atoms with Crippen LogP contribution in [0.15, 0.2) is 72.8 Å². The zero-order chi connectivity index (χ0) is 22.5. The number of unbranched alkanes of at least 4 members (excludes halogenated alkanes) is 1. The van der Waals surface area contributed by atoms with Crippen LogP contribution in [0.4, 0.5) is 11.4 Å². The second-order valence-corrected chi connectivity index (χ2v) is 9.21. The van der Waals surface area contributed by atoms with Crippen molar-refractivity contribution in [2.75, 3.05) is 16.0 Å². The minimum Gasteiger partial charge on any atom is -0.322 e. The van der Waals surface area contributed by atoms with E-state index in [1.165, 1.54) is 5.56 Å². The fourth-order valence-corrected chi connectivity index (χ4v) is 5.07. The highest BCUT2D eigenvalue weighted by Gasteiger charge is 2.34. The lowest BCUT2D eigenvalue weighted by molar-refractivity contribution is -0.115. The second-order valence-electron chi connectivity index (χ2n) is 8.15. The number of amides is 2. The Kier molecular flexibility index (Phi) is 6.96. The van der Waals surface area contributed by atoms with Gasteiger partial charge in [-0.15, -0.1) is 11.8 Å². The molecule has 0 aromatic heterocycles. The van der Waals surface area contributed by atoms with E-state index in [4.69, 9.17) is 0 Å². The first-order chi connectivity index (χ1) is 15.5. The molecule has 0 bridgehead atoms. The number of nitrogens with zero attached hydrogens (tertiary/aromatic N) is 1. The number of thioether (sulfide) groups is 1. The molecule has 1 aliphatic rings. The predicted molar refractivity (Wildman–Crippen MR) is 133 cm³/mol. The molecule has 1 atom stereocenters. The standard InChI is InChI=1S/C27H28N2O2S/c1-3-4-8-20-12-14-21(15-13-20)26(31)28-23-10-6-9-22(17-23)27-29(25(30)18-32-27)24-11-5-7-19(2)16-24/h5-7,9-17,27H,3-4,8,18H2,1-2H3,(H,28,31)/t27-/m0/s1. The monoisotopic (exact) mass is 444 g/mol. The lowest BCUT2D eigenvalue weighted by atomic mass is 10.1. The van der Waals surface area contributed by atoms with Crippen molar-refractivity contribution < 1.29 is 9.59 Å². The fourth-order valence-electron chi connectivity index (χ4n) is 3.90. The first-order valence-electron chi connectivity index (χ1n) is 11.1. The van der Waals surface area contributed by atoms with Crippen molar-refractivity contribution in [1.29, 1.82) is 0 Å². The zero-order valence-electron chi connectivity index (χ0n) is 18.5. The van der Waals surface area contributed by atoms with E-state index in [9.17, 15) is 9.59 Å². The van der Waals surface area contributed by atoms with E-state index in [1.54, 1.807) is 11.8 Å². The van der Waals surface area contributed by atoms with Crippen molar-refractivity contribution in [2.45, 2.75) is 38.5 Å². The molecule has 5 heteroatoms. The van der Waals surface area contributed by atoms with Crippen LogP contribution in [0.5, 0.6) is 0 Å². The largest absolute Gasteiger partial charge is 0.322 e. The quantitative estimate of drug-likeness (QED) is 0.461. The van der Waals surface area contributed by atoms with E-state index < -0.39 is 0 Å². The van der Waals surface area contributed by atoms with Crippen molar-refractivity contribution in [3.63, 3.8) is 0 Å². The van der Waals surface area contributed by atoms with Crippen LogP contribution in [-0.4, -0.2) is 17.6 Å². The first-order valence-corrected chi connectivity index (χ1v) is 12.1. The molecule has 0 spiro atoms. The molecule has 0 saturated carbocycles. The molecule has 0 unspecified atom stereocenters. The number of benzene rings is 3. The van der Waals surface area contributed by atoms with Crippen LogP contribution in [0.3, 0.4) is 0 Å². The number of carbonyl (C=O) groups excluding carboxylic acids is 2. The summed E-state index contributed by atoms with van der Waals surface area (Å²) in [5.41, 5.74) is 5.64. The molecule has 1 saturated heterocycles. The average Bonchev–Trinajstić information content (AvgIpc) is 3.19. The summed E-state index contributed by atoms with van der Waals surface area (Å²) in [6.45, 7) is 4.20. The van der Waals surface area contributed by atoms with Crippen LogP contribution >= 0.6 is 11.8 Å². The highest BCUT2D eigenvalue weighted by Crippen LogP contribution is 2.42. The van der Waals surface area contributed by atoms with Crippen LogP contribution in [0.2, 0.25) is 0 Å². The van der Waals surface area contributed by atoms with E-state index in [0.29, 0.717) is 11.3 Å². The topological polar surface area (TPSA) is 49.4 Å². The molecule has 0 radical (unpaired) electrons. The second kappa shape index (κ2) is 10.0. The number of carbonyl (C=O) groups is 2. The summed E-state index contributed by atoms with van der Waals surface area (Å²) in [4.78, 5) is 27.3. The van der Waals surface area contributed by atoms with Crippen molar-refractivity contribution >= 4 is 35.0 Å². The van der Waals surface area contributed by atoms with E-state index in [2.05, 4.69) is 12.2 Å². The number of hydrogen-bond acceptors (Lipinski definition) is 3. The van der Waals surface area contributed by atoms with E-state index in [1.807, 2.05) is 84.6 Å². The Labute approximate surface area is 194 Å². The van der Waals surface area contributed by atoms with Crippen molar-refractivity contribution in [1.82, 2.24) is 0 Å². The summed E-state index contributed by atoms with van der Waals surface area (Å²) in [6.07, 6.45) is 3.35. The molecule has 1 aliphatic heterocycles. The lowest BCUT2D eigenvalue weighted by Crippen LogP contribution is -2.27. The van der Waals surface area contributed by atoms with Gasteiger partial charge in [0.25, 0.3) is 5.91 Å². The number of hydrogen-bond donors (Lipinski definition) is 1. The first kappa shape index (κ1) is 22.2. The van der Waals surface area contributed by atoms with Crippen LogP contribution in [-0.2, 0) is 11.2 Å². The van der Waals surface area contributed by atoms with Gasteiger partial charge in [-0.3, -0.25) is 14.5 Å². The van der Waals surface area contributed by atoms with Gasteiger partial charge in [-0.05, 0) is 72.9 Å². The maximum atomic E-state index is 12.8. The third kappa shape index (κ3) is 5.05. The number of anilines is 2. The van der Waals surface area contributed by atoms with Gasteiger partial charge in [-0.25, -0.2) is 0 Å². The van der Waals surface area contributed by atoms with E-state index >= 15 is 0 Å². The third-order valence-electron chi connectivity index (χ3n) is 5.61. The van der Waals surface area contributed by atoms with Gasteiger partial charge < -0.3 is 5.32 Å². The van der Waals surface area contributed by atoms with Gasteiger partial charge in [0.1, 0.15) is 5.37 Å². The Bertz CT molecular complexity index is 1110. The summed E-state index contributed by atoms with van der Waals surface area (Å²) in [7, 11) is 0. The van der Waals surface area contributed by atoms with Gasteiger partial charge >= 0.3 is 0 Å². The molecule has 3 aromatic rings. The van der Waals surface area contributed by atoms with Crippen LogP contribution in [0.25, 0.3) is 0 Å². The summed E-state index contributed by atoms with van der Waals surface area (Å²) in [5, 5.41) is 2.90. The van der Waals surface area contributed by atoms with Gasteiger partial charge in [0.2, 0.25) is 5.91 Å². The maximum Gasteiger partial charge on any atom is 0.255 e. The van der Waals surface area contributed by atoms with Gasteiger partial charge in [0.15, 0.2) is 0 Å². The predicted octanol–water partition coefficient (Wildman–Crippen LogP) is 6.37. The van der Waals surface area contributed by atoms with Gasteiger partial charge in [-0.2, -0.15) is 0 Å². The van der Waals surface area contributed by atoms with Gasteiger partial charge in [0.05, 0.1) is 5.75 Å². The average molecular weight is 445 g/mol. The van der Waals surface area contributed by atoms with E-state index in [0.717, 1.165) is 41.8 Å². The third-order valence-corrected chi connectivity index (χ3v) is 6.82. The van der Waals surface area contributed by atoms with Crippen LogP contribution in [0.1, 0.15) is 52.2 Å². The Balaban J connectivity index is 1.50. The van der Waals surface area contributed by atoms with Crippen molar-refractivity contribution in [2.24, 2.45) is 0 Å². The van der Waals surface area contributed by atoms with Gasteiger partial charge in [-0.1, -0.05) is 49.7 Å². The molecular weight excluding hydrogens is 416 g/mol. The molecule has 1 N–H and O–H groups in total. The normalized spacial score (nSPS) is 15.8. The summed E-state index contributed by atoms with van der Waals surface area (Å²) in [6, 6.07) is 23.6. The Morgan fingerprint density at radius 3 is 2.59 bits per heavy atom. The molecule has 1 heterocycles. The maximum absolute atomic E-state index is 12.8. The van der Waals surface area contributed by atoms with Crippen LogP contribution in [0, 0.1) is 6.92 Å². The summed E-state index contributed by atoms with van der Waals surface area (Å²) >= 11 is 1.61. The Morgan fingerprint density at radius 1 is 1.06 bits per heavy atom. The van der Waals surface area contributed by atoms with Gasteiger partial charge in [0, 0.05) is 16.9 Å². The summed E-state index contributed by atoms with van der Waals surface area (Å²) < 4.78 is 0. The smallest absolute Gasteiger partial charge is 0.255 e. The molecule has 0 aliphatic carbocycles. The summed E-state index contributed by atoms with van der Waals surface area (Å²) in [5.74, 6) is 0.414. The highest BCUT2D eigenvalue weighted by atomic mass is 32.2. The minimum atomic E-state index is -0.130.